The van der Waals surface area contributed by atoms with Crippen molar-refractivity contribution in [3.8, 4) is 5.75 Å². The van der Waals surface area contributed by atoms with Crippen molar-refractivity contribution in [3.05, 3.63) is 24.3 Å². The molecule has 1 aromatic carbocycles. The van der Waals surface area contributed by atoms with E-state index in [1.807, 2.05) is 0 Å². The zero-order valence-corrected chi connectivity index (χ0v) is 12.3. The molecule has 0 aliphatic heterocycles. The zero-order valence-electron chi connectivity index (χ0n) is 11.5. The molecule has 2 N–H and O–H groups in total. The molecule has 1 amide bonds. The molecular weight excluding hydrogens is 309 g/mol. The predicted octanol–water partition coefficient (Wildman–Crippen LogP) is 2.99. The summed E-state index contributed by atoms with van der Waals surface area (Å²) >= 11 is 0. The van der Waals surface area contributed by atoms with Crippen LogP contribution in [0.5, 0.6) is 5.75 Å². The Balaban J connectivity index is 0.00000400. The lowest BCUT2D eigenvalue weighted by atomic mass is 10.2. The lowest BCUT2D eigenvalue weighted by molar-refractivity contribution is -0.153. The van der Waals surface area contributed by atoms with Crippen molar-refractivity contribution in [2.45, 2.75) is 19.0 Å². The average Bonchev–Trinajstić information content (AvgIpc) is 2.36. The van der Waals surface area contributed by atoms with Gasteiger partial charge in [0, 0.05) is 18.2 Å². The molecule has 0 saturated heterocycles. The number of ether oxygens (including phenoxy) is 1. The van der Waals surface area contributed by atoms with Crippen LogP contribution < -0.4 is 15.4 Å². The Morgan fingerprint density at radius 1 is 1.33 bits per heavy atom. The molecule has 0 aliphatic rings. The van der Waals surface area contributed by atoms with Gasteiger partial charge in [-0.1, -0.05) is 6.07 Å². The summed E-state index contributed by atoms with van der Waals surface area (Å²) in [5, 5.41) is 5.53. The Morgan fingerprint density at radius 2 is 2.05 bits per heavy atom. The van der Waals surface area contributed by atoms with Crippen LogP contribution in [0, 0.1) is 0 Å². The summed E-state index contributed by atoms with van der Waals surface area (Å²) in [5.74, 6) is -0.122. The summed E-state index contributed by atoms with van der Waals surface area (Å²) in [6, 6.07) is 5.88. The molecule has 0 fully saturated rings. The van der Waals surface area contributed by atoms with Crippen molar-refractivity contribution in [3.63, 3.8) is 0 Å². The Morgan fingerprint density at radius 3 is 2.67 bits per heavy atom. The normalized spacial score (nSPS) is 10.7. The third kappa shape index (κ3) is 9.14. The molecule has 0 unspecified atom stereocenters. The van der Waals surface area contributed by atoms with Crippen LogP contribution in [0.4, 0.5) is 18.9 Å². The molecule has 4 nitrogen and oxygen atoms in total. The largest absolute Gasteiger partial charge is 0.484 e. The lowest BCUT2D eigenvalue weighted by Gasteiger charge is -2.11. The zero-order chi connectivity index (χ0) is 15.0. The second kappa shape index (κ2) is 9.46. The first-order valence-corrected chi connectivity index (χ1v) is 6.15. The highest BCUT2D eigenvalue weighted by Crippen LogP contribution is 2.21. The molecular formula is C13H18ClF3N2O2. The van der Waals surface area contributed by atoms with Gasteiger partial charge in [0.05, 0.1) is 0 Å². The maximum atomic E-state index is 12.0. The molecule has 8 heteroatoms. The first kappa shape index (κ1) is 19.5. The summed E-state index contributed by atoms with van der Waals surface area (Å²) in [4.78, 5) is 11.6. The van der Waals surface area contributed by atoms with Gasteiger partial charge in [0.25, 0.3) is 0 Å². The van der Waals surface area contributed by atoms with Gasteiger partial charge in [-0.15, -0.1) is 12.4 Å². The summed E-state index contributed by atoms with van der Waals surface area (Å²) in [6.07, 6.45) is -3.35. The van der Waals surface area contributed by atoms with Crippen LogP contribution in [0.1, 0.15) is 12.8 Å². The topological polar surface area (TPSA) is 50.4 Å². The van der Waals surface area contributed by atoms with E-state index in [2.05, 4.69) is 15.4 Å². The van der Waals surface area contributed by atoms with E-state index in [9.17, 15) is 18.0 Å². The number of anilines is 1. The van der Waals surface area contributed by atoms with Gasteiger partial charge in [-0.2, -0.15) is 13.2 Å². The highest BCUT2D eigenvalue weighted by Gasteiger charge is 2.28. The number of rotatable bonds is 7. The monoisotopic (exact) mass is 326 g/mol. The van der Waals surface area contributed by atoms with Gasteiger partial charge in [-0.05, 0) is 32.1 Å². The van der Waals surface area contributed by atoms with Crippen LogP contribution in [-0.2, 0) is 4.79 Å². The average molecular weight is 327 g/mol. The lowest BCUT2D eigenvalue weighted by Crippen LogP contribution is -2.19. The molecule has 0 saturated carbocycles. The molecule has 0 atom stereocenters. The summed E-state index contributed by atoms with van der Waals surface area (Å²) in [7, 11) is 1.79. The quantitative estimate of drug-likeness (QED) is 0.757. The van der Waals surface area contributed by atoms with Gasteiger partial charge in [-0.3, -0.25) is 4.79 Å². The second-order valence-corrected chi connectivity index (χ2v) is 4.19. The van der Waals surface area contributed by atoms with E-state index in [-0.39, 0.29) is 24.1 Å². The van der Waals surface area contributed by atoms with Crippen LogP contribution in [0.25, 0.3) is 0 Å². The minimum atomic E-state index is -4.38. The number of hydrogen-bond donors (Lipinski definition) is 2. The Kier molecular flexibility index (Phi) is 8.80. The number of hydrogen-bond acceptors (Lipinski definition) is 3. The molecule has 0 radical (unpaired) electrons. The number of amides is 1. The number of benzene rings is 1. The maximum absolute atomic E-state index is 12.0. The van der Waals surface area contributed by atoms with Crippen molar-refractivity contribution in [1.82, 2.24) is 5.32 Å². The minimum absolute atomic E-state index is 0. The van der Waals surface area contributed by atoms with E-state index in [0.717, 1.165) is 6.54 Å². The molecule has 0 aliphatic carbocycles. The van der Waals surface area contributed by atoms with Gasteiger partial charge < -0.3 is 15.4 Å². The van der Waals surface area contributed by atoms with E-state index in [1.165, 1.54) is 18.2 Å². The second-order valence-electron chi connectivity index (χ2n) is 4.19. The van der Waals surface area contributed by atoms with Crippen molar-refractivity contribution >= 4 is 24.0 Å². The smallest absolute Gasteiger partial charge is 0.422 e. The maximum Gasteiger partial charge on any atom is 0.422 e. The fourth-order valence-corrected chi connectivity index (χ4v) is 1.48. The van der Waals surface area contributed by atoms with Crippen LogP contribution in [0.3, 0.4) is 0 Å². The van der Waals surface area contributed by atoms with Gasteiger partial charge >= 0.3 is 6.18 Å². The van der Waals surface area contributed by atoms with Crippen molar-refractivity contribution < 1.29 is 22.7 Å². The van der Waals surface area contributed by atoms with E-state index >= 15 is 0 Å². The molecule has 1 aromatic rings. The molecule has 0 aromatic heterocycles. The summed E-state index contributed by atoms with van der Waals surface area (Å²) in [6.45, 7) is -0.630. The van der Waals surface area contributed by atoms with Crippen molar-refractivity contribution in [1.29, 1.82) is 0 Å². The van der Waals surface area contributed by atoms with Gasteiger partial charge in [0.15, 0.2) is 6.61 Å². The predicted molar refractivity (Wildman–Crippen MR) is 77.0 cm³/mol. The fraction of sp³-hybridized carbons (Fsp3) is 0.462. The number of carbonyl (C=O) groups excluding carboxylic acids is 1. The summed E-state index contributed by atoms with van der Waals surface area (Å²) in [5.41, 5.74) is 0.416. The van der Waals surface area contributed by atoms with Gasteiger partial charge in [0.2, 0.25) is 5.91 Å². The van der Waals surface area contributed by atoms with E-state index in [1.54, 1.807) is 13.1 Å². The van der Waals surface area contributed by atoms with Crippen LogP contribution >= 0.6 is 12.4 Å². The number of carbonyl (C=O) groups is 1. The summed E-state index contributed by atoms with van der Waals surface area (Å²) < 4.78 is 40.7. The van der Waals surface area contributed by atoms with E-state index in [4.69, 9.17) is 0 Å². The Hall–Kier alpha value is -1.47. The third-order valence-electron chi connectivity index (χ3n) is 2.35. The molecule has 120 valence electrons. The SMILES string of the molecule is CNCCCC(=O)Nc1cccc(OCC(F)(F)F)c1.Cl. The van der Waals surface area contributed by atoms with Gasteiger partial charge in [-0.25, -0.2) is 0 Å². The molecule has 1 rings (SSSR count). The van der Waals surface area contributed by atoms with Crippen molar-refractivity contribution in [2.24, 2.45) is 0 Å². The Labute approximate surface area is 127 Å². The number of alkyl halides is 3. The van der Waals surface area contributed by atoms with Crippen LogP contribution in [0.15, 0.2) is 24.3 Å². The Bertz CT molecular complexity index is 442. The van der Waals surface area contributed by atoms with Crippen LogP contribution in [-0.4, -0.2) is 32.3 Å². The standard InChI is InChI=1S/C13H17F3N2O2.ClH/c1-17-7-3-6-12(19)18-10-4-2-5-11(8-10)20-9-13(14,15)16;/h2,4-5,8,17H,3,6-7,9H2,1H3,(H,18,19);1H. The first-order chi connectivity index (χ1) is 9.40. The minimum Gasteiger partial charge on any atom is -0.484 e. The molecule has 0 spiro atoms. The fourth-order valence-electron chi connectivity index (χ4n) is 1.48. The van der Waals surface area contributed by atoms with E-state index in [0.29, 0.717) is 18.5 Å². The number of nitrogens with one attached hydrogen (secondary N) is 2. The first-order valence-electron chi connectivity index (χ1n) is 6.15. The highest BCUT2D eigenvalue weighted by atomic mass is 35.5. The molecule has 0 bridgehead atoms. The third-order valence-corrected chi connectivity index (χ3v) is 2.35. The highest BCUT2D eigenvalue weighted by molar-refractivity contribution is 5.90. The van der Waals surface area contributed by atoms with Crippen molar-refractivity contribution in [2.75, 3.05) is 25.5 Å². The van der Waals surface area contributed by atoms with Gasteiger partial charge in [0.1, 0.15) is 5.75 Å². The van der Waals surface area contributed by atoms with Crippen LogP contribution in [0.2, 0.25) is 0 Å². The molecule has 21 heavy (non-hydrogen) atoms. The molecule has 0 heterocycles. The number of halogens is 4. The van der Waals surface area contributed by atoms with E-state index < -0.39 is 12.8 Å².